The van der Waals surface area contributed by atoms with E-state index in [9.17, 15) is 4.79 Å². The third-order valence-electron chi connectivity index (χ3n) is 5.37. The molecular weight excluding hydrogens is 398 g/mol. The first-order valence-electron chi connectivity index (χ1n) is 10.3. The smallest absolute Gasteiger partial charge is 0.272 e. The van der Waals surface area contributed by atoms with Gasteiger partial charge in [0.15, 0.2) is 11.5 Å². The molecule has 3 aromatic rings. The van der Waals surface area contributed by atoms with Crippen LogP contribution in [0.5, 0.6) is 17.4 Å². The van der Waals surface area contributed by atoms with E-state index in [0.29, 0.717) is 47.7 Å². The third kappa shape index (κ3) is 4.03. The molecule has 4 heterocycles. The van der Waals surface area contributed by atoms with Gasteiger partial charge in [0, 0.05) is 23.9 Å². The number of amides is 1. The maximum Gasteiger partial charge on any atom is 0.272 e. The SMILES string of the molecule is Cc1cc(OC2CCCN(C(=O)c3cc(-c4ccc5c(c4)OCO5)n[nH]3)C2)nc(C)n1. The summed E-state index contributed by atoms with van der Waals surface area (Å²) in [6.07, 6.45) is 1.63. The number of likely N-dealkylation sites (tertiary alicyclic amines) is 1. The fourth-order valence-electron chi connectivity index (χ4n) is 3.94. The van der Waals surface area contributed by atoms with Crippen molar-refractivity contribution in [1.82, 2.24) is 25.1 Å². The van der Waals surface area contributed by atoms with Gasteiger partial charge in [-0.1, -0.05) is 0 Å². The van der Waals surface area contributed by atoms with Crippen molar-refractivity contribution >= 4 is 5.91 Å². The number of nitrogens with zero attached hydrogens (tertiary/aromatic N) is 4. The van der Waals surface area contributed by atoms with Crippen molar-refractivity contribution in [2.75, 3.05) is 19.9 Å². The molecule has 1 amide bonds. The zero-order chi connectivity index (χ0) is 21.4. The van der Waals surface area contributed by atoms with Crippen molar-refractivity contribution in [2.24, 2.45) is 0 Å². The molecule has 0 spiro atoms. The fraction of sp³-hybridized carbons (Fsp3) is 0.364. The number of carbonyl (C=O) groups excluding carboxylic acids is 1. The van der Waals surface area contributed by atoms with Crippen molar-refractivity contribution in [1.29, 1.82) is 0 Å². The van der Waals surface area contributed by atoms with E-state index in [1.807, 2.05) is 38.1 Å². The Morgan fingerprint density at radius 3 is 2.90 bits per heavy atom. The molecule has 9 heteroatoms. The molecule has 0 saturated carbocycles. The Labute approximate surface area is 179 Å². The number of hydrogen-bond acceptors (Lipinski definition) is 7. The molecule has 2 aliphatic rings. The standard InChI is InChI=1S/C22H23N5O4/c1-13-8-21(24-14(2)23-13)31-16-4-3-7-27(11-16)22(28)18-10-17(25-26-18)15-5-6-19-20(9-15)30-12-29-19/h5-6,8-10,16H,3-4,7,11-12H2,1-2H3,(H,25,26). The van der Waals surface area contributed by atoms with Crippen LogP contribution in [0.1, 0.15) is 34.8 Å². The highest BCUT2D eigenvalue weighted by Crippen LogP contribution is 2.35. The zero-order valence-corrected chi connectivity index (χ0v) is 17.4. The lowest BCUT2D eigenvalue weighted by Gasteiger charge is -2.32. The number of fused-ring (bicyclic) bond motifs is 1. The van der Waals surface area contributed by atoms with Crippen molar-refractivity contribution in [3.8, 4) is 28.6 Å². The van der Waals surface area contributed by atoms with Gasteiger partial charge in [-0.2, -0.15) is 10.1 Å². The molecular formula is C22H23N5O4. The summed E-state index contributed by atoms with van der Waals surface area (Å²) < 4.78 is 16.8. The van der Waals surface area contributed by atoms with Gasteiger partial charge in [0.25, 0.3) is 5.91 Å². The molecule has 1 saturated heterocycles. The second-order valence-corrected chi connectivity index (χ2v) is 7.76. The molecule has 2 aliphatic heterocycles. The summed E-state index contributed by atoms with van der Waals surface area (Å²) in [7, 11) is 0. The van der Waals surface area contributed by atoms with E-state index in [2.05, 4.69) is 20.2 Å². The largest absolute Gasteiger partial charge is 0.472 e. The van der Waals surface area contributed by atoms with E-state index in [1.54, 1.807) is 11.0 Å². The number of piperidine rings is 1. The quantitative estimate of drug-likeness (QED) is 0.691. The number of carbonyl (C=O) groups is 1. The second kappa shape index (κ2) is 7.90. The maximum absolute atomic E-state index is 13.1. The summed E-state index contributed by atoms with van der Waals surface area (Å²) in [6.45, 7) is 5.15. The average Bonchev–Trinajstić information content (AvgIpc) is 3.42. The molecule has 0 bridgehead atoms. The highest BCUT2D eigenvalue weighted by Gasteiger charge is 2.27. The van der Waals surface area contributed by atoms with E-state index in [4.69, 9.17) is 14.2 Å². The molecule has 1 fully saturated rings. The molecule has 0 radical (unpaired) electrons. The minimum Gasteiger partial charge on any atom is -0.472 e. The molecule has 5 rings (SSSR count). The summed E-state index contributed by atoms with van der Waals surface area (Å²) in [5, 5.41) is 7.19. The van der Waals surface area contributed by atoms with Crippen LogP contribution >= 0.6 is 0 Å². The molecule has 9 nitrogen and oxygen atoms in total. The van der Waals surface area contributed by atoms with E-state index in [-0.39, 0.29) is 18.8 Å². The number of H-pyrrole nitrogens is 1. The van der Waals surface area contributed by atoms with Crippen LogP contribution in [-0.4, -0.2) is 57.0 Å². The summed E-state index contributed by atoms with van der Waals surface area (Å²) in [5.74, 6) is 2.52. The Bertz CT molecular complexity index is 1110. The molecule has 1 N–H and O–H groups in total. The number of aromatic amines is 1. The van der Waals surface area contributed by atoms with E-state index in [0.717, 1.165) is 24.1 Å². The fourth-order valence-corrected chi connectivity index (χ4v) is 3.94. The lowest BCUT2D eigenvalue weighted by Crippen LogP contribution is -2.44. The second-order valence-electron chi connectivity index (χ2n) is 7.76. The Morgan fingerprint density at radius 1 is 1.16 bits per heavy atom. The Kier molecular flexibility index (Phi) is 4.93. The molecule has 0 aliphatic carbocycles. The van der Waals surface area contributed by atoms with Gasteiger partial charge in [0.05, 0.1) is 12.2 Å². The van der Waals surface area contributed by atoms with Crippen LogP contribution in [-0.2, 0) is 0 Å². The zero-order valence-electron chi connectivity index (χ0n) is 17.4. The molecule has 1 unspecified atom stereocenters. The predicted octanol–water partition coefficient (Wildman–Crippen LogP) is 2.90. The van der Waals surface area contributed by atoms with Gasteiger partial charge in [-0.15, -0.1) is 0 Å². The number of nitrogens with one attached hydrogen (secondary N) is 1. The van der Waals surface area contributed by atoms with E-state index in [1.165, 1.54) is 0 Å². The first kappa shape index (κ1) is 19.3. The minimum atomic E-state index is -0.109. The highest BCUT2D eigenvalue weighted by atomic mass is 16.7. The molecule has 1 aromatic carbocycles. The van der Waals surface area contributed by atoms with Gasteiger partial charge >= 0.3 is 0 Å². The maximum atomic E-state index is 13.1. The average molecular weight is 421 g/mol. The van der Waals surface area contributed by atoms with Crippen molar-refractivity contribution in [3.63, 3.8) is 0 Å². The van der Waals surface area contributed by atoms with Crippen molar-refractivity contribution in [3.05, 3.63) is 47.5 Å². The highest BCUT2D eigenvalue weighted by molar-refractivity contribution is 5.93. The monoisotopic (exact) mass is 421 g/mol. The number of benzene rings is 1. The van der Waals surface area contributed by atoms with Gasteiger partial charge < -0.3 is 19.1 Å². The summed E-state index contributed by atoms with van der Waals surface area (Å²) in [4.78, 5) is 23.5. The molecule has 2 aromatic heterocycles. The van der Waals surface area contributed by atoms with E-state index < -0.39 is 0 Å². The molecule has 1 atom stereocenters. The first-order chi connectivity index (χ1) is 15.0. The number of aromatic nitrogens is 4. The third-order valence-corrected chi connectivity index (χ3v) is 5.37. The van der Waals surface area contributed by atoms with Crippen LogP contribution < -0.4 is 14.2 Å². The van der Waals surface area contributed by atoms with Crippen LogP contribution in [0.3, 0.4) is 0 Å². The van der Waals surface area contributed by atoms with Crippen LogP contribution in [0.25, 0.3) is 11.3 Å². The van der Waals surface area contributed by atoms with Gasteiger partial charge in [-0.05, 0) is 51.0 Å². The lowest BCUT2D eigenvalue weighted by atomic mass is 10.1. The van der Waals surface area contributed by atoms with Crippen LogP contribution in [0, 0.1) is 13.8 Å². The van der Waals surface area contributed by atoms with Crippen LogP contribution in [0.15, 0.2) is 30.3 Å². The summed E-state index contributed by atoms with van der Waals surface area (Å²) in [6, 6.07) is 9.19. The molecule has 160 valence electrons. The summed E-state index contributed by atoms with van der Waals surface area (Å²) in [5.41, 5.74) is 2.84. The van der Waals surface area contributed by atoms with Gasteiger partial charge in [0.1, 0.15) is 17.6 Å². The van der Waals surface area contributed by atoms with Gasteiger partial charge in [0.2, 0.25) is 12.7 Å². The van der Waals surface area contributed by atoms with Crippen LogP contribution in [0.2, 0.25) is 0 Å². The van der Waals surface area contributed by atoms with Crippen LogP contribution in [0.4, 0.5) is 0 Å². The number of hydrogen-bond donors (Lipinski definition) is 1. The Hall–Kier alpha value is -3.62. The number of ether oxygens (including phenoxy) is 3. The van der Waals surface area contributed by atoms with Crippen molar-refractivity contribution in [2.45, 2.75) is 32.8 Å². The summed E-state index contributed by atoms with van der Waals surface area (Å²) >= 11 is 0. The minimum absolute atomic E-state index is 0.0946. The van der Waals surface area contributed by atoms with Crippen molar-refractivity contribution < 1.29 is 19.0 Å². The Balaban J connectivity index is 1.28. The molecule has 31 heavy (non-hydrogen) atoms. The lowest BCUT2D eigenvalue weighted by molar-refractivity contribution is 0.0521. The first-order valence-corrected chi connectivity index (χ1v) is 10.3. The number of aryl methyl sites for hydroxylation is 2. The predicted molar refractivity (Wildman–Crippen MR) is 111 cm³/mol. The van der Waals surface area contributed by atoms with Gasteiger partial charge in [-0.25, -0.2) is 4.98 Å². The van der Waals surface area contributed by atoms with Gasteiger partial charge in [-0.3, -0.25) is 9.89 Å². The Morgan fingerprint density at radius 2 is 2.03 bits per heavy atom. The topological polar surface area (TPSA) is 102 Å². The van der Waals surface area contributed by atoms with E-state index >= 15 is 0 Å². The number of rotatable bonds is 4. The normalized spacial score (nSPS) is 17.6.